The van der Waals surface area contributed by atoms with Crippen LogP contribution in [0.2, 0.25) is 0 Å². The van der Waals surface area contributed by atoms with Crippen LogP contribution >= 0.6 is 0 Å². The van der Waals surface area contributed by atoms with Crippen molar-refractivity contribution in [1.82, 2.24) is 4.90 Å². The summed E-state index contributed by atoms with van der Waals surface area (Å²) in [4.78, 5) is 2.43. The quantitative estimate of drug-likeness (QED) is 0.748. The fraction of sp³-hybridized carbons (Fsp3) is 1.00. The molecule has 0 bridgehead atoms. The minimum absolute atomic E-state index is 0.0478. The molecule has 2 rings (SSSR count). The number of aliphatic hydroxyl groups excluding tert-OH is 1. The summed E-state index contributed by atoms with van der Waals surface area (Å²) in [5.74, 6) is 0.601. The van der Waals surface area contributed by atoms with Gasteiger partial charge in [0.2, 0.25) is 0 Å². The van der Waals surface area contributed by atoms with Gasteiger partial charge in [0.15, 0.2) is 0 Å². The highest BCUT2D eigenvalue weighted by Gasteiger charge is 2.24. The Kier molecular flexibility index (Phi) is 3.82. The van der Waals surface area contributed by atoms with Crippen LogP contribution < -0.4 is 0 Å². The Morgan fingerprint density at radius 2 is 1.64 bits per heavy atom. The first kappa shape index (κ1) is 10.4. The first-order chi connectivity index (χ1) is 6.86. The number of β-amino-alcohol motifs (C(OH)–C–C–N with tert-alkyl or cyclic N) is 1. The van der Waals surface area contributed by atoms with Gasteiger partial charge in [-0.3, -0.25) is 0 Å². The molecule has 0 spiro atoms. The van der Waals surface area contributed by atoms with Crippen LogP contribution in [-0.4, -0.2) is 35.7 Å². The van der Waals surface area contributed by atoms with E-state index in [4.69, 9.17) is 0 Å². The van der Waals surface area contributed by atoms with Crippen molar-refractivity contribution in [3.63, 3.8) is 0 Å². The molecule has 0 radical (unpaired) electrons. The number of rotatable bonds is 3. The molecule has 1 aliphatic heterocycles. The van der Waals surface area contributed by atoms with Crippen molar-refractivity contribution in [1.29, 1.82) is 0 Å². The van der Waals surface area contributed by atoms with E-state index in [1.54, 1.807) is 0 Å². The van der Waals surface area contributed by atoms with Gasteiger partial charge in [-0.2, -0.15) is 0 Å². The maximum Gasteiger partial charge on any atom is 0.0695 e. The van der Waals surface area contributed by atoms with Gasteiger partial charge in [-0.15, -0.1) is 0 Å². The zero-order valence-electron chi connectivity index (χ0n) is 9.12. The van der Waals surface area contributed by atoms with E-state index >= 15 is 0 Å². The lowest BCUT2D eigenvalue weighted by atomic mass is 9.85. The van der Waals surface area contributed by atoms with Crippen molar-refractivity contribution in [3.05, 3.63) is 0 Å². The van der Waals surface area contributed by atoms with E-state index in [0.29, 0.717) is 5.92 Å². The molecule has 1 saturated heterocycles. The van der Waals surface area contributed by atoms with E-state index in [-0.39, 0.29) is 6.10 Å². The van der Waals surface area contributed by atoms with Crippen molar-refractivity contribution < 1.29 is 5.11 Å². The lowest BCUT2D eigenvalue weighted by Gasteiger charge is -2.29. The summed E-state index contributed by atoms with van der Waals surface area (Å²) in [6.45, 7) is 3.36. The van der Waals surface area contributed by atoms with Crippen LogP contribution in [0.1, 0.15) is 44.9 Å². The summed E-state index contributed by atoms with van der Waals surface area (Å²) < 4.78 is 0. The molecule has 0 aromatic heterocycles. The standard InChI is InChI=1S/C12H23NO/c14-12(10-13-8-4-5-9-13)11-6-2-1-3-7-11/h11-12,14H,1-10H2/t12-/m1/s1. The van der Waals surface area contributed by atoms with E-state index in [9.17, 15) is 5.11 Å². The van der Waals surface area contributed by atoms with Crippen molar-refractivity contribution in [2.45, 2.75) is 51.0 Å². The maximum absolute atomic E-state index is 10.1. The van der Waals surface area contributed by atoms with Gasteiger partial charge < -0.3 is 10.0 Å². The molecule has 0 aromatic carbocycles. The summed E-state index contributed by atoms with van der Waals surface area (Å²) in [5.41, 5.74) is 0. The highest BCUT2D eigenvalue weighted by atomic mass is 16.3. The lowest BCUT2D eigenvalue weighted by molar-refractivity contribution is 0.0544. The van der Waals surface area contributed by atoms with Crippen LogP contribution in [0.5, 0.6) is 0 Å². The van der Waals surface area contributed by atoms with Gasteiger partial charge in [0.05, 0.1) is 6.10 Å². The molecule has 2 nitrogen and oxygen atoms in total. The molecule has 2 heteroatoms. The smallest absolute Gasteiger partial charge is 0.0695 e. The molecule has 0 aromatic rings. The molecule has 1 atom stereocenters. The Balaban J connectivity index is 1.72. The highest BCUT2D eigenvalue weighted by molar-refractivity contribution is 4.77. The fourth-order valence-corrected chi connectivity index (χ4v) is 2.90. The largest absolute Gasteiger partial charge is 0.392 e. The van der Waals surface area contributed by atoms with Crippen molar-refractivity contribution in [2.75, 3.05) is 19.6 Å². The molecular weight excluding hydrogens is 174 g/mol. The summed E-state index contributed by atoms with van der Waals surface area (Å²) in [6.07, 6.45) is 9.18. The van der Waals surface area contributed by atoms with Gasteiger partial charge in [0.25, 0.3) is 0 Å². The van der Waals surface area contributed by atoms with Crippen LogP contribution in [0.25, 0.3) is 0 Å². The second kappa shape index (κ2) is 5.13. The normalized spacial score (nSPS) is 28.1. The summed E-state index contributed by atoms with van der Waals surface area (Å²) >= 11 is 0. The SMILES string of the molecule is O[C@H](CN1CCCC1)C1CCCCC1. The van der Waals surface area contributed by atoms with Crippen LogP contribution in [0, 0.1) is 5.92 Å². The number of hydrogen-bond donors (Lipinski definition) is 1. The van der Waals surface area contributed by atoms with Gasteiger partial charge in [-0.25, -0.2) is 0 Å². The molecule has 0 unspecified atom stereocenters. The van der Waals surface area contributed by atoms with E-state index < -0.39 is 0 Å². The Bertz CT molecular complexity index is 160. The van der Waals surface area contributed by atoms with Crippen LogP contribution in [0.3, 0.4) is 0 Å². The lowest BCUT2D eigenvalue weighted by Crippen LogP contribution is -2.35. The van der Waals surface area contributed by atoms with Crippen molar-refractivity contribution in [2.24, 2.45) is 5.92 Å². The third-order valence-electron chi connectivity index (χ3n) is 3.84. The second-order valence-corrected chi connectivity index (χ2v) is 4.97. The first-order valence-electron chi connectivity index (χ1n) is 6.26. The first-order valence-corrected chi connectivity index (χ1v) is 6.26. The maximum atomic E-state index is 10.1. The Hall–Kier alpha value is -0.0800. The third kappa shape index (κ3) is 2.71. The topological polar surface area (TPSA) is 23.5 Å². The summed E-state index contributed by atoms with van der Waals surface area (Å²) in [5, 5.41) is 10.1. The Morgan fingerprint density at radius 1 is 1.00 bits per heavy atom. The molecule has 1 aliphatic carbocycles. The molecule has 2 aliphatic rings. The average Bonchev–Trinajstić information content (AvgIpc) is 2.72. The fourth-order valence-electron chi connectivity index (χ4n) is 2.90. The number of nitrogens with zero attached hydrogens (tertiary/aromatic N) is 1. The van der Waals surface area contributed by atoms with E-state index in [0.717, 1.165) is 6.54 Å². The molecule has 2 fully saturated rings. The van der Waals surface area contributed by atoms with Crippen molar-refractivity contribution >= 4 is 0 Å². The van der Waals surface area contributed by atoms with Gasteiger partial charge in [0, 0.05) is 6.54 Å². The third-order valence-corrected chi connectivity index (χ3v) is 3.84. The van der Waals surface area contributed by atoms with E-state index in [1.807, 2.05) is 0 Å². The number of aliphatic hydroxyl groups is 1. The van der Waals surface area contributed by atoms with Gasteiger partial charge >= 0.3 is 0 Å². The number of hydrogen-bond acceptors (Lipinski definition) is 2. The van der Waals surface area contributed by atoms with Gasteiger partial charge in [-0.05, 0) is 44.7 Å². The predicted octanol–water partition coefficient (Wildman–Crippen LogP) is 2.02. The molecular formula is C12H23NO. The number of likely N-dealkylation sites (tertiary alicyclic amines) is 1. The van der Waals surface area contributed by atoms with E-state index in [2.05, 4.69) is 4.90 Å². The summed E-state index contributed by atoms with van der Waals surface area (Å²) in [6, 6.07) is 0. The monoisotopic (exact) mass is 197 g/mol. The molecule has 1 N–H and O–H groups in total. The molecule has 1 saturated carbocycles. The van der Waals surface area contributed by atoms with Crippen LogP contribution in [0.15, 0.2) is 0 Å². The minimum atomic E-state index is -0.0478. The van der Waals surface area contributed by atoms with Crippen molar-refractivity contribution in [3.8, 4) is 0 Å². The zero-order valence-corrected chi connectivity index (χ0v) is 9.12. The second-order valence-electron chi connectivity index (χ2n) is 4.97. The summed E-state index contributed by atoms with van der Waals surface area (Å²) in [7, 11) is 0. The van der Waals surface area contributed by atoms with Gasteiger partial charge in [0.1, 0.15) is 0 Å². The molecule has 82 valence electrons. The molecule has 0 amide bonds. The van der Waals surface area contributed by atoms with Crippen LogP contribution in [0.4, 0.5) is 0 Å². The van der Waals surface area contributed by atoms with Crippen LogP contribution in [-0.2, 0) is 0 Å². The van der Waals surface area contributed by atoms with E-state index in [1.165, 1.54) is 58.0 Å². The highest BCUT2D eigenvalue weighted by Crippen LogP contribution is 2.27. The molecule has 1 heterocycles. The minimum Gasteiger partial charge on any atom is -0.392 e. The Labute approximate surface area is 87.3 Å². The molecule has 14 heavy (non-hydrogen) atoms. The Morgan fingerprint density at radius 3 is 2.29 bits per heavy atom. The average molecular weight is 197 g/mol. The van der Waals surface area contributed by atoms with Gasteiger partial charge in [-0.1, -0.05) is 19.3 Å². The zero-order chi connectivity index (χ0) is 9.80. The predicted molar refractivity (Wildman–Crippen MR) is 58.3 cm³/mol.